The highest BCUT2D eigenvalue weighted by molar-refractivity contribution is 6.20. The van der Waals surface area contributed by atoms with E-state index in [1.807, 2.05) is 0 Å². The number of rotatable bonds is 1. The third-order valence-electron chi connectivity index (χ3n) is 3.30. The Hall–Kier alpha value is -2.11. The van der Waals surface area contributed by atoms with Crippen LogP contribution in [0.3, 0.4) is 0 Å². The van der Waals surface area contributed by atoms with Crippen LogP contribution >= 0.6 is 0 Å². The van der Waals surface area contributed by atoms with E-state index in [9.17, 15) is 9.59 Å². The van der Waals surface area contributed by atoms with Crippen LogP contribution in [-0.2, 0) is 14.9 Å². The van der Waals surface area contributed by atoms with Crippen LogP contribution < -0.4 is 9.64 Å². The van der Waals surface area contributed by atoms with Crippen LogP contribution in [0.25, 0.3) is 0 Å². The maximum absolute atomic E-state index is 12.6. The molecule has 1 aliphatic rings. The molecule has 2 rings (SSSR count). The standard InChI is InChI=1S/C15H20N2O4/c1-14(2,3)21-13(19)17-10-8-16-11(20-6)7-9(10)15(4,5)12(17)18/h7-8H,1-6H3. The van der Waals surface area contributed by atoms with Gasteiger partial charge in [-0.05, 0) is 40.2 Å². The van der Waals surface area contributed by atoms with E-state index in [2.05, 4.69) is 4.98 Å². The van der Waals surface area contributed by atoms with Gasteiger partial charge in [0.15, 0.2) is 0 Å². The van der Waals surface area contributed by atoms with Crippen LogP contribution in [0.1, 0.15) is 40.2 Å². The van der Waals surface area contributed by atoms with Gasteiger partial charge in [-0.15, -0.1) is 0 Å². The van der Waals surface area contributed by atoms with Crippen molar-refractivity contribution in [2.45, 2.75) is 45.6 Å². The molecule has 21 heavy (non-hydrogen) atoms. The highest BCUT2D eigenvalue weighted by atomic mass is 16.6. The monoisotopic (exact) mass is 292 g/mol. The molecule has 0 spiro atoms. The molecule has 6 heteroatoms. The number of nitrogens with zero attached hydrogens (tertiary/aromatic N) is 2. The Morgan fingerprint density at radius 3 is 2.48 bits per heavy atom. The average molecular weight is 292 g/mol. The van der Waals surface area contributed by atoms with Crippen molar-refractivity contribution in [1.82, 2.24) is 4.98 Å². The molecule has 2 heterocycles. The lowest BCUT2D eigenvalue weighted by molar-refractivity contribution is -0.121. The van der Waals surface area contributed by atoms with E-state index in [1.165, 1.54) is 13.3 Å². The molecule has 6 nitrogen and oxygen atoms in total. The number of amides is 2. The molecule has 0 fully saturated rings. The van der Waals surface area contributed by atoms with Crippen molar-refractivity contribution >= 4 is 17.7 Å². The third kappa shape index (κ3) is 2.57. The van der Waals surface area contributed by atoms with Gasteiger partial charge in [0.1, 0.15) is 5.60 Å². The summed E-state index contributed by atoms with van der Waals surface area (Å²) >= 11 is 0. The summed E-state index contributed by atoms with van der Waals surface area (Å²) in [7, 11) is 1.50. The molecule has 0 aliphatic carbocycles. The summed E-state index contributed by atoms with van der Waals surface area (Å²) in [6.07, 6.45) is 0.774. The minimum atomic E-state index is -0.831. The van der Waals surface area contributed by atoms with Crippen molar-refractivity contribution in [3.63, 3.8) is 0 Å². The first-order valence-corrected chi connectivity index (χ1v) is 6.70. The van der Waals surface area contributed by atoms with Crippen LogP contribution in [0.5, 0.6) is 5.88 Å². The zero-order valence-electron chi connectivity index (χ0n) is 13.2. The highest BCUT2D eigenvalue weighted by Crippen LogP contribution is 2.42. The highest BCUT2D eigenvalue weighted by Gasteiger charge is 2.48. The number of carbonyl (C=O) groups excluding carboxylic acids is 2. The van der Waals surface area contributed by atoms with Gasteiger partial charge in [0, 0.05) is 6.07 Å². The SMILES string of the molecule is COc1cc2c(cn1)N(C(=O)OC(C)(C)C)C(=O)C2(C)C. The zero-order chi connectivity index (χ0) is 16.0. The van der Waals surface area contributed by atoms with Crippen LogP contribution in [0.4, 0.5) is 10.5 Å². The predicted octanol–water partition coefficient (Wildman–Crippen LogP) is 2.65. The summed E-state index contributed by atoms with van der Waals surface area (Å²) in [6, 6.07) is 1.68. The summed E-state index contributed by atoms with van der Waals surface area (Å²) < 4.78 is 10.4. The van der Waals surface area contributed by atoms with Gasteiger partial charge in [0.05, 0.1) is 24.4 Å². The minimum Gasteiger partial charge on any atom is -0.481 e. The fourth-order valence-corrected chi connectivity index (χ4v) is 2.21. The molecule has 0 unspecified atom stereocenters. The molecule has 114 valence electrons. The van der Waals surface area contributed by atoms with E-state index >= 15 is 0 Å². The van der Waals surface area contributed by atoms with E-state index in [-0.39, 0.29) is 5.91 Å². The summed E-state index contributed by atoms with van der Waals surface area (Å²) in [5, 5.41) is 0. The number of methoxy groups -OCH3 is 1. The first kappa shape index (κ1) is 15.3. The number of hydrogen-bond donors (Lipinski definition) is 0. The number of pyridine rings is 1. The number of carbonyl (C=O) groups is 2. The first-order valence-electron chi connectivity index (χ1n) is 6.70. The normalized spacial score (nSPS) is 16.7. The lowest BCUT2D eigenvalue weighted by Crippen LogP contribution is -2.43. The van der Waals surface area contributed by atoms with Gasteiger partial charge in [-0.1, -0.05) is 0 Å². The second kappa shape index (κ2) is 4.72. The fourth-order valence-electron chi connectivity index (χ4n) is 2.21. The van der Waals surface area contributed by atoms with Gasteiger partial charge in [0.25, 0.3) is 0 Å². The van der Waals surface area contributed by atoms with E-state index < -0.39 is 17.1 Å². The van der Waals surface area contributed by atoms with Crippen molar-refractivity contribution in [2.24, 2.45) is 0 Å². The molecule has 1 aromatic rings. The van der Waals surface area contributed by atoms with Gasteiger partial charge >= 0.3 is 6.09 Å². The molecule has 1 aliphatic heterocycles. The predicted molar refractivity (Wildman–Crippen MR) is 77.5 cm³/mol. The molecule has 0 bridgehead atoms. The maximum atomic E-state index is 12.6. The second-order valence-corrected chi connectivity index (χ2v) is 6.49. The smallest absolute Gasteiger partial charge is 0.421 e. The number of fused-ring (bicyclic) bond motifs is 1. The van der Waals surface area contributed by atoms with Crippen LogP contribution in [-0.4, -0.2) is 29.7 Å². The van der Waals surface area contributed by atoms with Crippen LogP contribution in [0.2, 0.25) is 0 Å². The van der Waals surface area contributed by atoms with Crippen molar-refractivity contribution in [2.75, 3.05) is 12.0 Å². The molecule has 0 aromatic carbocycles. The second-order valence-electron chi connectivity index (χ2n) is 6.49. The summed E-state index contributed by atoms with van der Waals surface area (Å²) in [5.41, 5.74) is -0.364. The van der Waals surface area contributed by atoms with Gasteiger partial charge in [-0.25, -0.2) is 14.7 Å². The van der Waals surface area contributed by atoms with Gasteiger partial charge in [-0.3, -0.25) is 4.79 Å². The number of anilines is 1. The average Bonchev–Trinajstić information content (AvgIpc) is 2.55. The summed E-state index contributed by atoms with van der Waals surface area (Å²) in [5.74, 6) is 0.0717. The van der Waals surface area contributed by atoms with Gasteiger partial charge in [0.2, 0.25) is 11.8 Å². The van der Waals surface area contributed by atoms with Crippen LogP contribution in [0, 0.1) is 0 Å². The topological polar surface area (TPSA) is 68.7 Å². The van der Waals surface area contributed by atoms with Gasteiger partial charge < -0.3 is 9.47 Å². The quantitative estimate of drug-likeness (QED) is 0.796. The Balaban J connectivity index is 2.48. The van der Waals surface area contributed by atoms with Crippen molar-refractivity contribution in [1.29, 1.82) is 0 Å². The molecule has 1 aromatic heterocycles. The Labute approximate surface area is 124 Å². The molecular formula is C15H20N2O4. The molecular weight excluding hydrogens is 272 g/mol. The van der Waals surface area contributed by atoms with E-state index in [0.717, 1.165) is 4.90 Å². The zero-order valence-corrected chi connectivity index (χ0v) is 13.2. The van der Waals surface area contributed by atoms with Crippen molar-refractivity contribution in [3.05, 3.63) is 17.8 Å². The maximum Gasteiger partial charge on any atom is 0.421 e. The summed E-state index contributed by atoms with van der Waals surface area (Å²) in [4.78, 5) is 30.0. The van der Waals surface area contributed by atoms with E-state index in [1.54, 1.807) is 40.7 Å². The number of ether oxygens (including phenoxy) is 2. The molecule has 0 atom stereocenters. The fraction of sp³-hybridized carbons (Fsp3) is 0.533. The lowest BCUT2D eigenvalue weighted by atomic mass is 9.87. The Kier molecular flexibility index (Phi) is 3.43. The van der Waals surface area contributed by atoms with Gasteiger partial charge in [-0.2, -0.15) is 0 Å². The largest absolute Gasteiger partial charge is 0.481 e. The Morgan fingerprint density at radius 2 is 1.95 bits per heavy atom. The number of hydrogen-bond acceptors (Lipinski definition) is 5. The lowest BCUT2D eigenvalue weighted by Gasteiger charge is -2.24. The molecule has 0 N–H and O–H groups in total. The Morgan fingerprint density at radius 1 is 1.33 bits per heavy atom. The van der Waals surface area contributed by atoms with Crippen LogP contribution in [0.15, 0.2) is 12.3 Å². The van der Waals surface area contributed by atoms with E-state index in [0.29, 0.717) is 17.1 Å². The molecule has 0 saturated carbocycles. The molecule has 0 saturated heterocycles. The number of imide groups is 1. The third-order valence-corrected chi connectivity index (χ3v) is 3.30. The molecule has 2 amide bonds. The van der Waals surface area contributed by atoms with E-state index in [4.69, 9.17) is 9.47 Å². The molecule has 0 radical (unpaired) electrons. The summed E-state index contributed by atoms with van der Waals surface area (Å²) in [6.45, 7) is 8.78. The van der Waals surface area contributed by atoms with Crippen molar-refractivity contribution in [3.8, 4) is 5.88 Å². The Bertz CT molecular complexity index is 602. The minimum absolute atomic E-state index is 0.332. The van der Waals surface area contributed by atoms with Crippen molar-refractivity contribution < 1.29 is 19.1 Å². The first-order chi connectivity index (χ1) is 9.58. The number of aromatic nitrogens is 1.